The maximum Gasteiger partial charge on any atom is 0.223 e. The Hall–Kier alpha value is -0.320. The molecule has 2 aliphatic rings. The SMILES string of the molecule is Cl.O=C(N[C@@H]1CNC[C@H]1CO)C1CCC1. The summed E-state index contributed by atoms with van der Waals surface area (Å²) in [4.78, 5) is 11.6. The molecule has 3 N–H and O–H groups in total. The van der Waals surface area contributed by atoms with Crippen LogP contribution in [0.25, 0.3) is 0 Å². The van der Waals surface area contributed by atoms with Crippen LogP contribution in [0.1, 0.15) is 19.3 Å². The number of carbonyl (C=O) groups is 1. The lowest BCUT2D eigenvalue weighted by Crippen LogP contribution is -2.45. The maximum atomic E-state index is 11.6. The van der Waals surface area contributed by atoms with E-state index in [9.17, 15) is 4.79 Å². The highest BCUT2D eigenvalue weighted by atomic mass is 35.5. The molecule has 4 nitrogen and oxygen atoms in total. The van der Waals surface area contributed by atoms with Crippen molar-refractivity contribution in [2.45, 2.75) is 25.3 Å². The predicted octanol–water partition coefficient (Wildman–Crippen LogP) is -0.0952. The summed E-state index contributed by atoms with van der Waals surface area (Å²) in [5.74, 6) is 0.623. The number of carbonyl (C=O) groups excluding carboxylic acids is 1. The molecular formula is C10H19ClN2O2. The molecule has 0 unspecified atom stereocenters. The predicted molar refractivity (Wildman–Crippen MR) is 60.0 cm³/mol. The van der Waals surface area contributed by atoms with E-state index in [-0.39, 0.29) is 42.8 Å². The third kappa shape index (κ3) is 2.83. The van der Waals surface area contributed by atoms with Crippen LogP contribution in [-0.4, -0.2) is 36.8 Å². The van der Waals surface area contributed by atoms with E-state index in [1.165, 1.54) is 6.42 Å². The van der Waals surface area contributed by atoms with Gasteiger partial charge in [-0.2, -0.15) is 0 Å². The highest BCUT2D eigenvalue weighted by Gasteiger charge is 2.31. The van der Waals surface area contributed by atoms with Crippen molar-refractivity contribution in [1.29, 1.82) is 0 Å². The molecule has 0 bridgehead atoms. The molecule has 1 aliphatic carbocycles. The molecule has 1 heterocycles. The molecule has 2 atom stereocenters. The fourth-order valence-electron chi connectivity index (χ4n) is 2.06. The molecule has 88 valence electrons. The van der Waals surface area contributed by atoms with Gasteiger partial charge in [0.25, 0.3) is 0 Å². The van der Waals surface area contributed by atoms with Gasteiger partial charge in [-0.15, -0.1) is 12.4 Å². The van der Waals surface area contributed by atoms with E-state index >= 15 is 0 Å². The van der Waals surface area contributed by atoms with Crippen molar-refractivity contribution in [3.05, 3.63) is 0 Å². The Morgan fingerprint density at radius 2 is 2.13 bits per heavy atom. The molecule has 15 heavy (non-hydrogen) atoms. The number of amides is 1. The van der Waals surface area contributed by atoms with Gasteiger partial charge in [-0.25, -0.2) is 0 Å². The minimum Gasteiger partial charge on any atom is -0.396 e. The molecule has 0 radical (unpaired) electrons. The third-order valence-corrected chi connectivity index (χ3v) is 3.38. The van der Waals surface area contributed by atoms with Crippen molar-refractivity contribution in [3.8, 4) is 0 Å². The highest BCUT2D eigenvalue weighted by Crippen LogP contribution is 2.26. The molecule has 0 aromatic carbocycles. The number of rotatable bonds is 3. The first-order chi connectivity index (χ1) is 6.81. The van der Waals surface area contributed by atoms with Crippen molar-refractivity contribution in [3.63, 3.8) is 0 Å². The van der Waals surface area contributed by atoms with Gasteiger partial charge in [-0.05, 0) is 12.8 Å². The number of aliphatic hydroxyl groups excluding tert-OH is 1. The smallest absolute Gasteiger partial charge is 0.223 e. The van der Waals surface area contributed by atoms with Gasteiger partial charge in [0.05, 0.1) is 0 Å². The highest BCUT2D eigenvalue weighted by molar-refractivity contribution is 5.85. The van der Waals surface area contributed by atoms with Gasteiger partial charge in [0.1, 0.15) is 0 Å². The van der Waals surface area contributed by atoms with Crippen LogP contribution in [0, 0.1) is 11.8 Å². The summed E-state index contributed by atoms with van der Waals surface area (Å²) in [6.45, 7) is 1.76. The molecular weight excluding hydrogens is 216 g/mol. The zero-order chi connectivity index (χ0) is 9.97. The van der Waals surface area contributed by atoms with Gasteiger partial charge in [0.15, 0.2) is 0 Å². The summed E-state index contributed by atoms with van der Waals surface area (Å²) in [7, 11) is 0. The Kier molecular flexibility index (Phi) is 4.83. The van der Waals surface area contributed by atoms with Crippen LogP contribution in [0.15, 0.2) is 0 Å². The van der Waals surface area contributed by atoms with Gasteiger partial charge in [-0.1, -0.05) is 6.42 Å². The van der Waals surface area contributed by atoms with Crippen LogP contribution in [0.3, 0.4) is 0 Å². The number of hydrogen-bond donors (Lipinski definition) is 3. The molecule has 2 fully saturated rings. The molecule has 0 spiro atoms. The van der Waals surface area contributed by atoms with Crippen LogP contribution in [0.5, 0.6) is 0 Å². The molecule has 1 saturated heterocycles. The Morgan fingerprint density at radius 1 is 1.40 bits per heavy atom. The Morgan fingerprint density at radius 3 is 2.67 bits per heavy atom. The summed E-state index contributed by atoms with van der Waals surface area (Å²) in [5.41, 5.74) is 0. The van der Waals surface area contributed by atoms with Crippen LogP contribution in [0.4, 0.5) is 0 Å². The van der Waals surface area contributed by atoms with E-state index in [1.54, 1.807) is 0 Å². The van der Waals surface area contributed by atoms with Crippen molar-refractivity contribution in [1.82, 2.24) is 10.6 Å². The minimum atomic E-state index is 0. The Balaban J connectivity index is 0.00000112. The summed E-state index contributed by atoms with van der Waals surface area (Å²) >= 11 is 0. The normalized spacial score (nSPS) is 30.5. The minimum absolute atomic E-state index is 0. The zero-order valence-electron chi connectivity index (χ0n) is 8.74. The number of halogens is 1. The lowest BCUT2D eigenvalue weighted by atomic mass is 9.84. The van der Waals surface area contributed by atoms with Crippen LogP contribution in [-0.2, 0) is 4.79 Å². The number of nitrogens with one attached hydrogen (secondary N) is 2. The Labute approximate surface area is 96.2 Å². The standard InChI is InChI=1S/C10H18N2O2.ClH/c13-6-8-4-11-5-9(8)12-10(14)7-2-1-3-7;/h7-9,11,13H,1-6H2,(H,12,14);1H/t8-,9+;/m0./s1. The second-order valence-electron chi connectivity index (χ2n) is 4.34. The summed E-state index contributed by atoms with van der Waals surface area (Å²) in [6, 6.07) is 0.133. The quantitative estimate of drug-likeness (QED) is 0.640. The van der Waals surface area contributed by atoms with Crippen molar-refractivity contribution >= 4 is 18.3 Å². The first-order valence-electron chi connectivity index (χ1n) is 5.43. The summed E-state index contributed by atoms with van der Waals surface area (Å²) in [5, 5.41) is 15.3. The van der Waals surface area contributed by atoms with Gasteiger partial charge in [0, 0.05) is 37.6 Å². The Bertz CT molecular complexity index is 221. The van der Waals surface area contributed by atoms with E-state index < -0.39 is 0 Å². The molecule has 5 heteroatoms. The molecule has 1 saturated carbocycles. The number of hydrogen-bond acceptors (Lipinski definition) is 3. The van der Waals surface area contributed by atoms with Crippen molar-refractivity contribution < 1.29 is 9.90 Å². The fraction of sp³-hybridized carbons (Fsp3) is 0.900. The average molecular weight is 235 g/mol. The average Bonchev–Trinajstić information content (AvgIpc) is 2.48. The van der Waals surface area contributed by atoms with Crippen LogP contribution in [0.2, 0.25) is 0 Å². The molecule has 1 aliphatic heterocycles. The van der Waals surface area contributed by atoms with E-state index in [4.69, 9.17) is 5.11 Å². The van der Waals surface area contributed by atoms with E-state index in [2.05, 4.69) is 10.6 Å². The van der Waals surface area contributed by atoms with E-state index in [0.717, 1.165) is 25.9 Å². The van der Waals surface area contributed by atoms with E-state index in [0.29, 0.717) is 0 Å². The number of aliphatic hydroxyl groups is 1. The van der Waals surface area contributed by atoms with Crippen LogP contribution >= 0.6 is 12.4 Å². The summed E-state index contributed by atoms with van der Waals surface area (Å²) < 4.78 is 0. The topological polar surface area (TPSA) is 61.4 Å². The maximum absolute atomic E-state index is 11.6. The van der Waals surface area contributed by atoms with Crippen molar-refractivity contribution in [2.24, 2.45) is 11.8 Å². The second kappa shape index (κ2) is 5.68. The monoisotopic (exact) mass is 234 g/mol. The van der Waals surface area contributed by atoms with Gasteiger partial charge < -0.3 is 15.7 Å². The third-order valence-electron chi connectivity index (χ3n) is 3.38. The van der Waals surface area contributed by atoms with E-state index in [1.807, 2.05) is 0 Å². The lowest BCUT2D eigenvalue weighted by molar-refractivity contribution is -0.128. The first-order valence-corrected chi connectivity index (χ1v) is 5.43. The molecule has 0 aromatic heterocycles. The van der Waals surface area contributed by atoms with Crippen LogP contribution < -0.4 is 10.6 Å². The first kappa shape index (κ1) is 12.7. The van der Waals surface area contributed by atoms with Crippen molar-refractivity contribution in [2.75, 3.05) is 19.7 Å². The zero-order valence-corrected chi connectivity index (χ0v) is 9.55. The molecule has 0 aromatic rings. The van der Waals surface area contributed by atoms with Gasteiger partial charge in [-0.3, -0.25) is 4.79 Å². The van der Waals surface area contributed by atoms with Gasteiger partial charge >= 0.3 is 0 Å². The molecule has 1 amide bonds. The molecule has 2 rings (SSSR count). The summed E-state index contributed by atoms with van der Waals surface area (Å²) in [6.07, 6.45) is 3.26. The largest absolute Gasteiger partial charge is 0.396 e. The second-order valence-corrected chi connectivity index (χ2v) is 4.34. The van der Waals surface area contributed by atoms with Gasteiger partial charge in [0.2, 0.25) is 5.91 Å². The lowest BCUT2D eigenvalue weighted by Gasteiger charge is -2.27. The fourth-order valence-corrected chi connectivity index (χ4v) is 2.06.